The number of fused-ring (bicyclic) bond motifs is 1. The number of aromatic nitrogens is 2. The number of nitrogens with zero attached hydrogens (tertiary/aromatic N) is 4. The minimum absolute atomic E-state index is 0.172. The van der Waals surface area contributed by atoms with Crippen LogP contribution in [0.1, 0.15) is 28.9 Å². The van der Waals surface area contributed by atoms with Gasteiger partial charge in [0.2, 0.25) is 5.91 Å². The van der Waals surface area contributed by atoms with Gasteiger partial charge in [-0.05, 0) is 37.0 Å². The average molecular weight is 352 g/mol. The van der Waals surface area contributed by atoms with Crippen LogP contribution in [0.2, 0.25) is 0 Å². The van der Waals surface area contributed by atoms with Gasteiger partial charge in [-0.3, -0.25) is 14.4 Å². The summed E-state index contributed by atoms with van der Waals surface area (Å²) in [5, 5.41) is 4.15. The zero-order chi connectivity index (χ0) is 18.1. The first kappa shape index (κ1) is 16.5. The predicted molar refractivity (Wildman–Crippen MR) is 96.1 cm³/mol. The van der Waals surface area contributed by atoms with Crippen LogP contribution in [0.5, 0.6) is 0 Å². The molecule has 0 saturated carbocycles. The second-order valence-electron chi connectivity index (χ2n) is 6.64. The lowest BCUT2D eigenvalue weighted by molar-refractivity contribution is -0.119. The van der Waals surface area contributed by atoms with Gasteiger partial charge in [0.25, 0.3) is 11.5 Å². The minimum Gasteiger partial charge on any atom is -0.337 e. The Bertz CT molecular complexity index is 915. The lowest BCUT2D eigenvalue weighted by atomic mass is 10.2. The lowest BCUT2D eigenvalue weighted by Gasteiger charge is -2.18. The van der Waals surface area contributed by atoms with Crippen LogP contribution < -0.4 is 10.5 Å². The normalized spacial score (nSPS) is 16.0. The maximum absolute atomic E-state index is 12.7. The molecule has 0 atom stereocenters. The Morgan fingerprint density at radius 2 is 1.77 bits per heavy atom. The lowest BCUT2D eigenvalue weighted by Crippen LogP contribution is -2.37. The molecule has 2 amide bonds. The van der Waals surface area contributed by atoms with Gasteiger partial charge in [-0.15, -0.1) is 0 Å². The molecule has 0 radical (unpaired) electrons. The van der Waals surface area contributed by atoms with Crippen molar-refractivity contribution >= 4 is 17.5 Å². The van der Waals surface area contributed by atoms with E-state index < -0.39 is 0 Å². The predicted octanol–water partition coefficient (Wildman–Crippen LogP) is 1.07. The van der Waals surface area contributed by atoms with Crippen LogP contribution in [0.4, 0.5) is 5.69 Å². The summed E-state index contributed by atoms with van der Waals surface area (Å²) in [6, 6.07) is 10.5. The number of benzene rings is 1. The summed E-state index contributed by atoms with van der Waals surface area (Å²) in [4.78, 5) is 40.7. The van der Waals surface area contributed by atoms with Gasteiger partial charge in [0, 0.05) is 31.4 Å². The molecule has 0 unspecified atom stereocenters. The molecule has 0 bridgehead atoms. The van der Waals surface area contributed by atoms with E-state index in [0.29, 0.717) is 19.6 Å². The third-order valence-corrected chi connectivity index (χ3v) is 4.95. The standard InChI is InChI=1S/C19H20N4O3/c24-17-8-7-15(19(26)21-10-3-4-11-21)20-23(17)13-18(25)22-12-9-14-5-1-2-6-16(14)22/h1-2,5-8H,3-4,9-13H2. The van der Waals surface area contributed by atoms with Crippen LogP contribution in [0.25, 0.3) is 0 Å². The Morgan fingerprint density at radius 1 is 1.00 bits per heavy atom. The average Bonchev–Trinajstić information content (AvgIpc) is 3.32. The summed E-state index contributed by atoms with van der Waals surface area (Å²) in [7, 11) is 0. The van der Waals surface area contributed by atoms with Gasteiger partial charge >= 0.3 is 0 Å². The molecular formula is C19H20N4O3. The van der Waals surface area contributed by atoms with Crippen LogP contribution >= 0.6 is 0 Å². The number of carbonyl (C=O) groups is 2. The first-order chi connectivity index (χ1) is 12.6. The van der Waals surface area contributed by atoms with Gasteiger partial charge in [0.1, 0.15) is 12.2 Å². The van der Waals surface area contributed by atoms with E-state index >= 15 is 0 Å². The van der Waals surface area contributed by atoms with Gasteiger partial charge in [-0.1, -0.05) is 18.2 Å². The first-order valence-electron chi connectivity index (χ1n) is 8.89. The summed E-state index contributed by atoms with van der Waals surface area (Å²) < 4.78 is 1.09. The quantitative estimate of drug-likeness (QED) is 0.828. The fourth-order valence-electron chi connectivity index (χ4n) is 3.57. The summed E-state index contributed by atoms with van der Waals surface area (Å²) in [6.07, 6.45) is 2.77. The molecule has 2 aliphatic heterocycles. The fourth-order valence-corrected chi connectivity index (χ4v) is 3.57. The monoisotopic (exact) mass is 352 g/mol. The van der Waals surface area contributed by atoms with Crippen LogP contribution in [-0.2, 0) is 17.8 Å². The van der Waals surface area contributed by atoms with E-state index in [1.807, 2.05) is 24.3 Å². The number of rotatable bonds is 3. The second-order valence-corrected chi connectivity index (χ2v) is 6.64. The molecule has 0 aliphatic carbocycles. The van der Waals surface area contributed by atoms with Crippen molar-refractivity contribution in [2.24, 2.45) is 0 Å². The molecule has 26 heavy (non-hydrogen) atoms. The number of hydrogen-bond acceptors (Lipinski definition) is 4. The zero-order valence-electron chi connectivity index (χ0n) is 14.4. The third-order valence-electron chi connectivity index (χ3n) is 4.95. The molecule has 1 saturated heterocycles. The number of amides is 2. The van der Waals surface area contributed by atoms with Gasteiger partial charge in [0.15, 0.2) is 0 Å². The van der Waals surface area contributed by atoms with Crippen molar-refractivity contribution in [1.29, 1.82) is 0 Å². The molecular weight excluding hydrogens is 332 g/mol. The first-order valence-corrected chi connectivity index (χ1v) is 8.89. The van der Waals surface area contributed by atoms with Crippen molar-refractivity contribution in [3.63, 3.8) is 0 Å². The molecule has 7 heteroatoms. The second kappa shape index (κ2) is 6.74. The van der Waals surface area contributed by atoms with Crippen molar-refractivity contribution in [3.05, 3.63) is 58.0 Å². The van der Waals surface area contributed by atoms with Gasteiger partial charge in [-0.2, -0.15) is 5.10 Å². The largest absolute Gasteiger partial charge is 0.337 e. The van der Waals surface area contributed by atoms with Gasteiger partial charge < -0.3 is 9.80 Å². The van der Waals surface area contributed by atoms with E-state index in [-0.39, 0.29) is 29.6 Å². The minimum atomic E-state index is -0.385. The Balaban J connectivity index is 1.55. The smallest absolute Gasteiger partial charge is 0.274 e. The number of carbonyl (C=O) groups excluding carboxylic acids is 2. The fraction of sp³-hybridized carbons (Fsp3) is 0.368. The topological polar surface area (TPSA) is 75.5 Å². The molecule has 0 spiro atoms. The van der Waals surface area contributed by atoms with Crippen molar-refractivity contribution in [2.45, 2.75) is 25.8 Å². The Hall–Kier alpha value is -2.96. The third kappa shape index (κ3) is 3.00. The van der Waals surface area contributed by atoms with E-state index in [4.69, 9.17) is 0 Å². The Morgan fingerprint density at radius 3 is 2.58 bits per heavy atom. The van der Waals surface area contributed by atoms with Crippen molar-refractivity contribution < 1.29 is 9.59 Å². The molecule has 0 N–H and O–H groups in total. The van der Waals surface area contributed by atoms with Crippen molar-refractivity contribution in [1.82, 2.24) is 14.7 Å². The molecule has 1 fully saturated rings. The van der Waals surface area contributed by atoms with Gasteiger partial charge in [-0.25, -0.2) is 4.68 Å². The van der Waals surface area contributed by atoms with Gasteiger partial charge in [0.05, 0.1) is 0 Å². The molecule has 7 nitrogen and oxygen atoms in total. The molecule has 2 aliphatic rings. The highest BCUT2D eigenvalue weighted by Gasteiger charge is 2.25. The highest BCUT2D eigenvalue weighted by molar-refractivity contribution is 5.95. The highest BCUT2D eigenvalue weighted by atomic mass is 16.2. The van der Waals surface area contributed by atoms with Crippen LogP contribution in [0.3, 0.4) is 0 Å². The molecule has 2 aromatic rings. The number of likely N-dealkylation sites (tertiary alicyclic amines) is 1. The molecule has 134 valence electrons. The van der Waals surface area contributed by atoms with Crippen molar-refractivity contribution in [2.75, 3.05) is 24.5 Å². The van der Waals surface area contributed by atoms with Crippen LogP contribution in [0.15, 0.2) is 41.2 Å². The molecule has 4 rings (SSSR count). The van der Waals surface area contributed by atoms with E-state index in [0.717, 1.165) is 35.2 Å². The number of hydrogen-bond donors (Lipinski definition) is 0. The van der Waals surface area contributed by atoms with Crippen LogP contribution in [0, 0.1) is 0 Å². The van der Waals surface area contributed by atoms with Crippen LogP contribution in [-0.4, -0.2) is 46.1 Å². The maximum atomic E-state index is 12.7. The SMILES string of the molecule is O=C(c1ccc(=O)n(CC(=O)N2CCc3ccccc32)n1)N1CCCC1. The summed E-state index contributed by atoms with van der Waals surface area (Å²) in [5.74, 6) is -0.384. The number of para-hydroxylation sites is 1. The molecule has 3 heterocycles. The van der Waals surface area contributed by atoms with E-state index in [2.05, 4.69) is 5.10 Å². The highest BCUT2D eigenvalue weighted by Crippen LogP contribution is 2.27. The summed E-state index contributed by atoms with van der Waals surface area (Å²) in [6.45, 7) is 1.85. The van der Waals surface area contributed by atoms with E-state index in [1.54, 1.807) is 9.80 Å². The summed E-state index contributed by atoms with van der Waals surface area (Å²) >= 11 is 0. The Labute approximate surface area is 150 Å². The van der Waals surface area contributed by atoms with Crippen molar-refractivity contribution in [3.8, 4) is 0 Å². The Kier molecular flexibility index (Phi) is 4.28. The zero-order valence-corrected chi connectivity index (χ0v) is 14.4. The summed E-state index contributed by atoms with van der Waals surface area (Å²) in [5.41, 5.74) is 1.83. The molecule has 1 aromatic carbocycles. The maximum Gasteiger partial charge on any atom is 0.274 e. The van der Waals surface area contributed by atoms with E-state index in [9.17, 15) is 14.4 Å². The van der Waals surface area contributed by atoms with E-state index in [1.165, 1.54) is 12.1 Å². The number of anilines is 1. The molecule has 1 aromatic heterocycles.